The summed E-state index contributed by atoms with van der Waals surface area (Å²) in [7, 11) is 0. The molecule has 1 aliphatic carbocycles. The van der Waals surface area contributed by atoms with Gasteiger partial charge in [0.1, 0.15) is 12.4 Å². The lowest BCUT2D eigenvalue weighted by Crippen LogP contribution is -2.21. The van der Waals surface area contributed by atoms with Crippen molar-refractivity contribution < 1.29 is 4.39 Å². The van der Waals surface area contributed by atoms with Crippen molar-refractivity contribution in [3.63, 3.8) is 0 Å². The van der Waals surface area contributed by atoms with E-state index in [0.29, 0.717) is 10.9 Å². The number of thioether (sulfide) groups is 1. The Kier molecular flexibility index (Phi) is 4.25. The van der Waals surface area contributed by atoms with E-state index in [2.05, 4.69) is 11.1 Å². The molecule has 0 radical (unpaired) electrons. The third-order valence-electron chi connectivity index (χ3n) is 3.71. The molecule has 2 aromatic rings. The monoisotopic (exact) mass is 315 g/mol. The highest BCUT2D eigenvalue weighted by atomic mass is 32.2. The van der Waals surface area contributed by atoms with Crippen molar-refractivity contribution in [3.8, 4) is 6.07 Å². The molecule has 4 nitrogen and oxygen atoms in total. The van der Waals surface area contributed by atoms with Crippen LogP contribution in [-0.4, -0.2) is 9.55 Å². The van der Waals surface area contributed by atoms with Crippen LogP contribution in [0.5, 0.6) is 0 Å². The largest absolute Gasteiger partial charge is 0.310 e. The van der Waals surface area contributed by atoms with Gasteiger partial charge in [0.25, 0.3) is 5.56 Å². The molecule has 1 aromatic heterocycles. The summed E-state index contributed by atoms with van der Waals surface area (Å²) < 4.78 is 14.8. The van der Waals surface area contributed by atoms with Crippen molar-refractivity contribution in [2.45, 2.75) is 36.7 Å². The molecule has 1 aromatic carbocycles. The van der Waals surface area contributed by atoms with Crippen LogP contribution in [0, 0.1) is 17.1 Å². The summed E-state index contributed by atoms with van der Waals surface area (Å²) in [5, 5.41) is 9.60. The number of aromatic nitrogens is 2. The van der Waals surface area contributed by atoms with Crippen molar-refractivity contribution in [1.29, 1.82) is 5.26 Å². The van der Waals surface area contributed by atoms with Crippen LogP contribution in [0.15, 0.2) is 34.2 Å². The zero-order valence-corrected chi connectivity index (χ0v) is 12.7. The maximum Gasteiger partial charge on any atom is 0.277 e. The Morgan fingerprint density at radius 1 is 1.32 bits per heavy atom. The van der Waals surface area contributed by atoms with E-state index >= 15 is 0 Å². The fourth-order valence-electron chi connectivity index (χ4n) is 2.66. The second-order valence-electron chi connectivity index (χ2n) is 5.14. The fourth-order valence-corrected chi connectivity index (χ4v) is 3.62. The minimum Gasteiger partial charge on any atom is -0.310 e. The first-order chi connectivity index (χ1) is 10.7. The summed E-state index contributed by atoms with van der Waals surface area (Å²) in [6.45, 7) is 0.196. The number of fused-ring (bicyclic) bond motifs is 1. The first-order valence-corrected chi connectivity index (χ1v) is 8.04. The van der Waals surface area contributed by atoms with Gasteiger partial charge in [0.15, 0.2) is 5.16 Å². The molecule has 0 saturated heterocycles. The summed E-state index contributed by atoms with van der Waals surface area (Å²) in [5.74, 6) is 0.308. The van der Waals surface area contributed by atoms with E-state index in [1.807, 2.05) is 4.57 Å². The zero-order valence-electron chi connectivity index (χ0n) is 11.9. The number of hydrogen-bond acceptors (Lipinski definition) is 4. The van der Waals surface area contributed by atoms with Gasteiger partial charge >= 0.3 is 0 Å². The first-order valence-electron chi connectivity index (χ1n) is 7.06. The summed E-state index contributed by atoms with van der Waals surface area (Å²) in [6.07, 6.45) is 2.50. The normalized spacial score (nSPS) is 12.9. The molecular formula is C16H14FN3OS. The van der Waals surface area contributed by atoms with E-state index in [9.17, 15) is 9.18 Å². The Morgan fingerprint density at radius 2 is 2.09 bits per heavy atom. The van der Waals surface area contributed by atoms with Crippen LogP contribution in [-0.2, 0) is 25.1 Å². The van der Waals surface area contributed by atoms with Crippen LogP contribution >= 0.6 is 11.8 Å². The number of nitriles is 1. The predicted octanol–water partition coefficient (Wildman–Crippen LogP) is 2.69. The molecule has 0 unspecified atom stereocenters. The van der Waals surface area contributed by atoms with Gasteiger partial charge in [-0.15, -0.1) is 0 Å². The lowest BCUT2D eigenvalue weighted by atomic mass is 10.2. The van der Waals surface area contributed by atoms with E-state index in [0.717, 1.165) is 36.1 Å². The summed E-state index contributed by atoms with van der Waals surface area (Å²) in [5.41, 5.74) is 2.47. The number of halogens is 1. The summed E-state index contributed by atoms with van der Waals surface area (Å²) in [6, 6.07) is 8.38. The van der Waals surface area contributed by atoms with Gasteiger partial charge in [-0.3, -0.25) is 4.79 Å². The number of benzene rings is 1. The number of rotatable bonds is 4. The molecule has 0 aliphatic heterocycles. The highest BCUT2D eigenvalue weighted by molar-refractivity contribution is 7.98. The van der Waals surface area contributed by atoms with E-state index in [1.54, 1.807) is 12.1 Å². The van der Waals surface area contributed by atoms with Gasteiger partial charge < -0.3 is 4.57 Å². The highest BCUT2D eigenvalue weighted by Crippen LogP contribution is 2.26. The Bertz CT molecular complexity index is 793. The smallest absolute Gasteiger partial charge is 0.277 e. The average molecular weight is 315 g/mol. The molecule has 0 saturated carbocycles. The van der Waals surface area contributed by atoms with Crippen molar-refractivity contribution in [1.82, 2.24) is 9.55 Å². The van der Waals surface area contributed by atoms with E-state index < -0.39 is 0 Å². The van der Waals surface area contributed by atoms with Crippen LogP contribution in [0.3, 0.4) is 0 Å². The van der Waals surface area contributed by atoms with Gasteiger partial charge in [-0.05, 0) is 37.0 Å². The topological polar surface area (TPSA) is 58.7 Å². The second-order valence-corrected chi connectivity index (χ2v) is 6.08. The molecular weight excluding hydrogens is 301 g/mol. The minimum atomic E-state index is -0.272. The Balaban J connectivity index is 1.90. The Labute approximate surface area is 131 Å². The van der Waals surface area contributed by atoms with Gasteiger partial charge in [0.05, 0.1) is 6.07 Å². The van der Waals surface area contributed by atoms with Gasteiger partial charge in [0, 0.05) is 17.0 Å². The number of nitrogens with zero attached hydrogens (tertiary/aromatic N) is 3. The maximum atomic E-state index is 12.9. The lowest BCUT2D eigenvalue weighted by Gasteiger charge is -2.14. The molecule has 1 heterocycles. The van der Waals surface area contributed by atoms with Gasteiger partial charge in [-0.25, -0.2) is 4.39 Å². The third-order valence-corrected chi connectivity index (χ3v) is 4.76. The minimum absolute atomic E-state index is 0.178. The molecule has 0 spiro atoms. The third kappa shape index (κ3) is 2.90. The quantitative estimate of drug-likeness (QED) is 0.643. The number of hydrogen-bond donors (Lipinski definition) is 0. The molecule has 6 heteroatoms. The van der Waals surface area contributed by atoms with E-state index in [1.165, 1.54) is 23.9 Å². The Hall–Kier alpha value is -2.13. The van der Waals surface area contributed by atoms with Crippen LogP contribution < -0.4 is 5.56 Å². The predicted molar refractivity (Wildman–Crippen MR) is 82.1 cm³/mol. The zero-order chi connectivity index (χ0) is 15.5. The molecule has 22 heavy (non-hydrogen) atoms. The maximum absolute atomic E-state index is 12.9. The van der Waals surface area contributed by atoms with Crippen LogP contribution in [0.2, 0.25) is 0 Å². The van der Waals surface area contributed by atoms with Gasteiger partial charge in [0.2, 0.25) is 0 Å². The van der Waals surface area contributed by atoms with Gasteiger partial charge in [-0.1, -0.05) is 23.9 Å². The molecule has 0 N–H and O–H groups in total. The van der Waals surface area contributed by atoms with Crippen LogP contribution in [0.4, 0.5) is 4.39 Å². The van der Waals surface area contributed by atoms with Crippen molar-refractivity contribution in [2.75, 3.05) is 0 Å². The molecule has 1 aliphatic rings. The first kappa shape index (κ1) is 14.8. The van der Waals surface area contributed by atoms with Crippen molar-refractivity contribution in [2.24, 2.45) is 0 Å². The van der Waals surface area contributed by atoms with Crippen molar-refractivity contribution in [3.05, 3.63) is 57.3 Å². The van der Waals surface area contributed by atoms with Crippen molar-refractivity contribution >= 4 is 11.8 Å². The summed E-state index contributed by atoms with van der Waals surface area (Å²) in [4.78, 5) is 16.2. The molecule has 0 atom stereocenters. The van der Waals surface area contributed by atoms with E-state index in [-0.39, 0.29) is 17.9 Å². The molecule has 0 bridgehead atoms. The Morgan fingerprint density at radius 3 is 2.82 bits per heavy atom. The molecule has 112 valence electrons. The molecule has 0 amide bonds. The second kappa shape index (κ2) is 6.32. The highest BCUT2D eigenvalue weighted by Gasteiger charge is 2.21. The average Bonchev–Trinajstić information content (AvgIpc) is 3.00. The molecule has 0 fully saturated rings. The van der Waals surface area contributed by atoms with Crippen LogP contribution in [0.25, 0.3) is 0 Å². The lowest BCUT2D eigenvalue weighted by molar-refractivity contribution is 0.627. The standard InChI is InChI=1S/C16H14FN3OS/c17-12-6-4-11(5-7-12)10-22-16-19-15(21)13-2-1-3-14(13)20(16)9-8-18/h4-7H,1-3,9-10H2. The van der Waals surface area contributed by atoms with Crippen LogP contribution in [0.1, 0.15) is 23.2 Å². The van der Waals surface area contributed by atoms with E-state index in [4.69, 9.17) is 5.26 Å². The SMILES string of the molecule is N#CCn1c(SCc2ccc(F)cc2)nc(=O)c2c1CCC2. The fraction of sp³-hybridized carbons (Fsp3) is 0.312. The van der Waals surface area contributed by atoms with Gasteiger partial charge in [-0.2, -0.15) is 10.2 Å². The summed E-state index contributed by atoms with van der Waals surface area (Å²) >= 11 is 1.40. The molecule has 3 rings (SSSR count).